The van der Waals surface area contributed by atoms with Crippen molar-refractivity contribution in [3.63, 3.8) is 0 Å². The van der Waals surface area contributed by atoms with Crippen LogP contribution in [0.5, 0.6) is 0 Å². The summed E-state index contributed by atoms with van der Waals surface area (Å²) in [5.74, 6) is -0.823. The van der Waals surface area contributed by atoms with Crippen LogP contribution in [0.25, 0.3) is 22.3 Å². The van der Waals surface area contributed by atoms with E-state index in [9.17, 15) is 14.0 Å². The van der Waals surface area contributed by atoms with Gasteiger partial charge in [-0.15, -0.1) is 0 Å². The second kappa shape index (κ2) is 9.64. The van der Waals surface area contributed by atoms with Crippen LogP contribution in [0.1, 0.15) is 40.1 Å². The molecule has 2 N–H and O–H groups in total. The van der Waals surface area contributed by atoms with E-state index < -0.39 is 17.9 Å². The van der Waals surface area contributed by atoms with Crippen LogP contribution in [0.3, 0.4) is 0 Å². The van der Waals surface area contributed by atoms with E-state index in [2.05, 4.69) is 20.0 Å². The maximum Gasteiger partial charge on any atom is 0.281 e. The molecule has 0 bridgehead atoms. The first-order chi connectivity index (χ1) is 16.3. The summed E-state index contributed by atoms with van der Waals surface area (Å²) in [5, 5.41) is 3.70. The van der Waals surface area contributed by atoms with Crippen LogP contribution >= 0.6 is 11.9 Å². The molecule has 1 amide bonds. The molecule has 34 heavy (non-hydrogen) atoms. The highest BCUT2D eigenvalue weighted by molar-refractivity contribution is 7.97. The predicted octanol–water partition coefficient (Wildman–Crippen LogP) is 5.19. The minimum atomic E-state index is -0.756. The Morgan fingerprint density at radius 1 is 1.21 bits per heavy atom. The summed E-state index contributed by atoms with van der Waals surface area (Å²) in [5.41, 5.74) is 3.41. The zero-order chi connectivity index (χ0) is 24.4. The second-order valence-electron chi connectivity index (χ2n) is 7.89. The molecule has 174 valence electrons. The summed E-state index contributed by atoms with van der Waals surface area (Å²) >= 11 is 1.10. The smallest absolute Gasteiger partial charge is 0.281 e. The van der Waals surface area contributed by atoms with E-state index in [0.29, 0.717) is 33.5 Å². The fourth-order valence-corrected chi connectivity index (χ4v) is 4.12. The topological polar surface area (TPSA) is 97.1 Å². The van der Waals surface area contributed by atoms with Gasteiger partial charge >= 0.3 is 0 Å². The van der Waals surface area contributed by atoms with Gasteiger partial charge < -0.3 is 9.73 Å². The Balaban J connectivity index is 1.84. The van der Waals surface area contributed by atoms with Crippen LogP contribution < -0.4 is 15.5 Å². The minimum Gasteiger partial charge on any atom is -0.455 e. The Morgan fingerprint density at radius 3 is 2.71 bits per heavy atom. The third-order valence-corrected chi connectivity index (χ3v) is 5.81. The van der Waals surface area contributed by atoms with E-state index in [1.165, 1.54) is 12.1 Å². The fourth-order valence-electron chi connectivity index (χ4n) is 3.84. The van der Waals surface area contributed by atoms with Gasteiger partial charge in [-0.3, -0.25) is 19.3 Å². The summed E-state index contributed by atoms with van der Waals surface area (Å²) in [6, 6.07) is 9.58. The van der Waals surface area contributed by atoms with E-state index in [1.807, 2.05) is 26.0 Å². The molecule has 0 radical (unpaired) electrons. The summed E-state index contributed by atoms with van der Waals surface area (Å²) in [6.45, 7) is 5.51. The molecule has 4 aromatic rings. The van der Waals surface area contributed by atoms with Gasteiger partial charge in [0.15, 0.2) is 11.1 Å². The molecule has 0 fully saturated rings. The summed E-state index contributed by atoms with van der Waals surface area (Å²) in [4.78, 5) is 33.6. The van der Waals surface area contributed by atoms with Crippen LogP contribution in [0, 0.1) is 19.8 Å². The van der Waals surface area contributed by atoms with Gasteiger partial charge in [0.25, 0.3) is 5.91 Å². The van der Waals surface area contributed by atoms with Gasteiger partial charge in [-0.1, -0.05) is 18.0 Å². The molecule has 1 atom stereocenters. The molecule has 3 aromatic heterocycles. The molecule has 0 saturated carbocycles. The molecule has 9 heteroatoms. The highest BCUT2D eigenvalue weighted by Crippen LogP contribution is 2.32. The predicted molar refractivity (Wildman–Crippen MR) is 132 cm³/mol. The Morgan fingerprint density at radius 2 is 2.00 bits per heavy atom. The fraction of sp³-hybridized carbons (Fsp3) is 0.200. The van der Waals surface area contributed by atoms with Gasteiger partial charge in [0.05, 0.1) is 17.1 Å². The van der Waals surface area contributed by atoms with Gasteiger partial charge in [-0.2, -0.15) is 4.39 Å². The molecule has 0 aliphatic carbocycles. The highest BCUT2D eigenvalue weighted by atomic mass is 32.2. The normalized spacial score (nSPS) is 11.9. The molecule has 0 spiro atoms. The average molecular weight is 479 g/mol. The molecule has 0 aliphatic heterocycles. The first-order valence-corrected chi connectivity index (χ1v) is 11.8. The SMILES string of the molecule is CSNC(=O)c1nc(F)ccc1NC(C)c1cc(C)cc2c(=O)c(C)c(-c3cccnc3)oc12. The first-order valence-electron chi connectivity index (χ1n) is 10.5. The lowest BCUT2D eigenvalue weighted by molar-refractivity contribution is 0.0979. The van der Waals surface area contributed by atoms with E-state index in [0.717, 1.165) is 23.1 Å². The van der Waals surface area contributed by atoms with E-state index in [-0.39, 0.29) is 11.1 Å². The second-order valence-corrected chi connectivity index (χ2v) is 8.50. The third kappa shape index (κ3) is 4.51. The molecule has 4 rings (SSSR count). The number of carbonyl (C=O) groups excluding carboxylic acids is 1. The number of aromatic nitrogens is 2. The van der Waals surface area contributed by atoms with E-state index >= 15 is 0 Å². The number of benzene rings is 1. The van der Waals surface area contributed by atoms with Crippen molar-refractivity contribution in [3.8, 4) is 11.3 Å². The van der Waals surface area contributed by atoms with Crippen LogP contribution in [0.2, 0.25) is 0 Å². The van der Waals surface area contributed by atoms with E-state index in [4.69, 9.17) is 4.42 Å². The zero-order valence-electron chi connectivity index (χ0n) is 19.1. The van der Waals surface area contributed by atoms with Crippen molar-refractivity contribution in [3.05, 3.63) is 87.3 Å². The highest BCUT2D eigenvalue weighted by Gasteiger charge is 2.21. The number of halogens is 1. The Kier molecular flexibility index (Phi) is 6.65. The standard InChI is InChI=1S/C25H23FN4O3S/c1-13-10-17(15(3)28-19-7-8-20(26)29-21(19)25(32)30-34-4)24-18(11-13)22(31)14(2)23(33-24)16-6-5-9-27-12-16/h5-12,15,28H,1-4H3,(H,30,32). The Hall–Kier alpha value is -3.72. The Labute approximate surface area is 200 Å². The monoisotopic (exact) mass is 478 g/mol. The summed E-state index contributed by atoms with van der Waals surface area (Å²) in [7, 11) is 0. The number of nitrogens with one attached hydrogen (secondary N) is 2. The number of aryl methyl sites for hydroxylation is 1. The molecular formula is C25H23FN4O3S. The lowest BCUT2D eigenvalue weighted by Crippen LogP contribution is -2.21. The summed E-state index contributed by atoms with van der Waals surface area (Å²) < 4.78 is 22.6. The lowest BCUT2D eigenvalue weighted by Gasteiger charge is -2.20. The largest absolute Gasteiger partial charge is 0.455 e. The average Bonchev–Trinajstić information content (AvgIpc) is 2.83. The van der Waals surface area contributed by atoms with Crippen LogP contribution in [0.4, 0.5) is 10.1 Å². The maximum absolute atomic E-state index is 13.8. The number of hydrogen-bond acceptors (Lipinski definition) is 7. The van der Waals surface area contributed by atoms with Gasteiger partial charge in [0.1, 0.15) is 11.3 Å². The first kappa shape index (κ1) is 23.4. The zero-order valence-corrected chi connectivity index (χ0v) is 19.9. The number of carbonyl (C=O) groups is 1. The quantitative estimate of drug-likeness (QED) is 0.291. The molecule has 0 aliphatic rings. The number of amides is 1. The Bertz CT molecular complexity index is 1440. The van der Waals surface area contributed by atoms with Crippen molar-refractivity contribution < 1.29 is 13.6 Å². The molecular weight excluding hydrogens is 455 g/mol. The van der Waals surface area contributed by atoms with Crippen molar-refractivity contribution in [2.24, 2.45) is 0 Å². The van der Waals surface area contributed by atoms with Gasteiger partial charge in [-0.05, 0) is 56.7 Å². The van der Waals surface area contributed by atoms with Gasteiger partial charge in [0, 0.05) is 35.3 Å². The number of rotatable bonds is 6. The minimum absolute atomic E-state index is 0.0634. The number of nitrogens with zero attached hydrogens (tertiary/aromatic N) is 2. The third-order valence-electron chi connectivity index (χ3n) is 5.43. The number of fused-ring (bicyclic) bond motifs is 1. The summed E-state index contributed by atoms with van der Waals surface area (Å²) in [6.07, 6.45) is 4.99. The number of pyridine rings is 2. The van der Waals surface area contributed by atoms with Gasteiger partial charge in [-0.25, -0.2) is 4.98 Å². The number of anilines is 1. The van der Waals surface area contributed by atoms with E-state index in [1.54, 1.807) is 37.7 Å². The van der Waals surface area contributed by atoms with Crippen LogP contribution in [-0.2, 0) is 0 Å². The number of hydrogen-bond donors (Lipinski definition) is 2. The van der Waals surface area contributed by atoms with Crippen molar-refractivity contribution in [1.82, 2.24) is 14.7 Å². The van der Waals surface area contributed by atoms with Crippen molar-refractivity contribution >= 4 is 34.5 Å². The molecule has 3 heterocycles. The maximum atomic E-state index is 13.8. The molecule has 7 nitrogen and oxygen atoms in total. The van der Waals surface area contributed by atoms with Crippen molar-refractivity contribution in [2.45, 2.75) is 26.8 Å². The van der Waals surface area contributed by atoms with Crippen LogP contribution in [0.15, 0.2) is 58.0 Å². The van der Waals surface area contributed by atoms with Gasteiger partial charge in [0.2, 0.25) is 5.95 Å². The molecule has 1 aromatic carbocycles. The van der Waals surface area contributed by atoms with Crippen molar-refractivity contribution in [1.29, 1.82) is 0 Å². The van der Waals surface area contributed by atoms with Crippen molar-refractivity contribution in [2.75, 3.05) is 11.6 Å². The lowest BCUT2D eigenvalue weighted by atomic mass is 9.99. The van der Waals surface area contributed by atoms with Crippen LogP contribution in [-0.4, -0.2) is 22.1 Å². The molecule has 1 unspecified atom stereocenters. The molecule has 0 saturated heterocycles.